The van der Waals surface area contributed by atoms with Crippen LogP contribution >= 0.6 is 0 Å². The van der Waals surface area contributed by atoms with E-state index in [9.17, 15) is 4.79 Å². The monoisotopic (exact) mass is 305 g/mol. The number of carbonyl (C=O) groups excluding carboxylic acids is 1. The molecule has 3 aromatic rings. The summed E-state index contributed by atoms with van der Waals surface area (Å²) in [5.41, 5.74) is 4.98. The maximum Gasteiger partial charge on any atom is 0.259 e. The Hall–Kier alpha value is -2.88. The fourth-order valence-corrected chi connectivity index (χ4v) is 2.69. The number of carbonyl (C=O) groups is 1. The second-order valence-electron chi connectivity index (χ2n) is 5.56. The maximum absolute atomic E-state index is 12.7. The standard InChI is InChI=1S/C19H19N3O/c1-13-9-7-8-12-17(13)20-19(23)18-14(2)21-22(15(18)3)16-10-5-4-6-11-16/h4-12H,1-3H3,(H,20,23). The van der Waals surface area contributed by atoms with Crippen LogP contribution in [-0.4, -0.2) is 15.7 Å². The van der Waals surface area contributed by atoms with Gasteiger partial charge in [-0.15, -0.1) is 0 Å². The van der Waals surface area contributed by atoms with Crippen LogP contribution in [0.15, 0.2) is 54.6 Å². The molecular formula is C19H19N3O. The van der Waals surface area contributed by atoms with Gasteiger partial charge in [-0.3, -0.25) is 4.79 Å². The van der Waals surface area contributed by atoms with Crippen molar-refractivity contribution in [2.75, 3.05) is 5.32 Å². The zero-order chi connectivity index (χ0) is 16.4. The van der Waals surface area contributed by atoms with Crippen molar-refractivity contribution in [3.63, 3.8) is 0 Å². The van der Waals surface area contributed by atoms with Crippen molar-refractivity contribution in [1.82, 2.24) is 9.78 Å². The lowest BCUT2D eigenvalue weighted by Gasteiger charge is -2.09. The molecule has 0 aliphatic carbocycles. The van der Waals surface area contributed by atoms with E-state index in [2.05, 4.69) is 10.4 Å². The van der Waals surface area contributed by atoms with Crippen molar-refractivity contribution in [3.8, 4) is 5.69 Å². The first kappa shape index (κ1) is 15.0. The van der Waals surface area contributed by atoms with Gasteiger partial charge >= 0.3 is 0 Å². The Bertz CT molecular complexity index is 850. The topological polar surface area (TPSA) is 46.9 Å². The molecule has 0 aliphatic rings. The number of rotatable bonds is 3. The molecule has 116 valence electrons. The zero-order valence-corrected chi connectivity index (χ0v) is 13.5. The van der Waals surface area contributed by atoms with E-state index in [1.165, 1.54) is 0 Å². The molecule has 0 radical (unpaired) electrons. The molecule has 1 N–H and O–H groups in total. The van der Waals surface area contributed by atoms with E-state index in [4.69, 9.17) is 0 Å². The van der Waals surface area contributed by atoms with Crippen molar-refractivity contribution in [3.05, 3.63) is 77.1 Å². The van der Waals surface area contributed by atoms with E-state index in [-0.39, 0.29) is 5.91 Å². The van der Waals surface area contributed by atoms with Crippen molar-refractivity contribution in [2.24, 2.45) is 0 Å². The van der Waals surface area contributed by atoms with Gasteiger partial charge in [-0.05, 0) is 44.5 Å². The van der Waals surface area contributed by atoms with Crippen molar-refractivity contribution in [1.29, 1.82) is 0 Å². The van der Waals surface area contributed by atoms with Crippen LogP contribution in [0.25, 0.3) is 5.69 Å². The summed E-state index contributed by atoms with van der Waals surface area (Å²) in [5, 5.41) is 7.50. The highest BCUT2D eigenvalue weighted by molar-refractivity contribution is 6.06. The Balaban J connectivity index is 1.96. The lowest BCUT2D eigenvalue weighted by molar-refractivity contribution is 0.102. The van der Waals surface area contributed by atoms with Gasteiger partial charge in [-0.2, -0.15) is 5.10 Å². The molecule has 0 saturated heterocycles. The average Bonchev–Trinajstić information content (AvgIpc) is 2.85. The van der Waals surface area contributed by atoms with Crippen LogP contribution in [0, 0.1) is 20.8 Å². The molecule has 0 bridgehead atoms. The Morgan fingerprint density at radius 3 is 2.30 bits per heavy atom. The van der Waals surface area contributed by atoms with E-state index in [0.717, 1.165) is 28.3 Å². The van der Waals surface area contributed by atoms with Crippen molar-refractivity contribution in [2.45, 2.75) is 20.8 Å². The molecule has 23 heavy (non-hydrogen) atoms. The third-order valence-electron chi connectivity index (χ3n) is 3.91. The zero-order valence-electron chi connectivity index (χ0n) is 13.5. The SMILES string of the molecule is Cc1ccccc1NC(=O)c1c(C)nn(-c2ccccc2)c1C. The summed E-state index contributed by atoms with van der Waals surface area (Å²) in [4.78, 5) is 12.7. The second kappa shape index (κ2) is 6.08. The van der Waals surface area contributed by atoms with Gasteiger partial charge in [-0.1, -0.05) is 36.4 Å². The Kier molecular flexibility index (Phi) is 3.98. The highest BCUT2D eigenvalue weighted by Crippen LogP contribution is 2.20. The van der Waals surface area contributed by atoms with Crippen LogP contribution in [0.2, 0.25) is 0 Å². The number of para-hydroxylation sites is 2. The van der Waals surface area contributed by atoms with Gasteiger partial charge in [0.2, 0.25) is 0 Å². The molecule has 0 atom stereocenters. The number of benzene rings is 2. The predicted molar refractivity (Wildman–Crippen MR) is 92.2 cm³/mol. The number of aryl methyl sites for hydroxylation is 2. The molecule has 0 spiro atoms. The summed E-state index contributed by atoms with van der Waals surface area (Å²) in [6.45, 7) is 5.75. The van der Waals surface area contributed by atoms with Crippen LogP contribution in [-0.2, 0) is 0 Å². The highest BCUT2D eigenvalue weighted by atomic mass is 16.1. The van der Waals surface area contributed by atoms with Gasteiger partial charge in [0.05, 0.1) is 22.6 Å². The molecule has 2 aromatic carbocycles. The van der Waals surface area contributed by atoms with E-state index < -0.39 is 0 Å². The minimum absolute atomic E-state index is 0.128. The summed E-state index contributed by atoms with van der Waals surface area (Å²) < 4.78 is 1.81. The van der Waals surface area contributed by atoms with Gasteiger partial charge in [0.25, 0.3) is 5.91 Å². The van der Waals surface area contributed by atoms with Crippen LogP contribution in [0.3, 0.4) is 0 Å². The quantitative estimate of drug-likeness (QED) is 0.793. The minimum Gasteiger partial charge on any atom is -0.322 e. The minimum atomic E-state index is -0.128. The van der Waals surface area contributed by atoms with Crippen molar-refractivity contribution >= 4 is 11.6 Å². The number of hydrogen-bond acceptors (Lipinski definition) is 2. The molecule has 1 aromatic heterocycles. The van der Waals surface area contributed by atoms with Crippen molar-refractivity contribution < 1.29 is 4.79 Å². The molecular weight excluding hydrogens is 286 g/mol. The summed E-state index contributed by atoms with van der Waals surface area (Å²) in [6.07, 6.45) is 0. The fraction of sp³-hybridized carbons (Fsp3) is 0.158. The first-order chi connectivity index (χ1) is 11.1. The van der Waals surface area contributed by atoms with E-state index in [1.54, 1.807) is 0 Å². The molecule has 1 amide bonds. The second-order valence-corrected chi connectivity index (χ2v) is 5.56. The molecule has 3 rings (SSSR count). The molecule has 0 unspecified atom stereocenters. The third-order valence-corrected chi connectivity index (χ3v) is 3.91. The highest BCUT2D eigenvalue weighted by Gasteiger charge is 2.19. The Labute approximate surface area is 135 Å². The average molecular weight is 305 g/mol. The predicted octanol–water partition coefficient (Wildman–Crippen LogP) is 4.05. The first-order valence-corrected chi connectivity index (χ1v) is 7.56. The van der Waals surface area contributed by atoms with Gasteiger partial charge in [-0.25, -0.2) is 4.68 Å². The van der Waals surface area contributed by atoms with Gasteiger partial charge in [0.15, 0.2) is 0 Å². The van der Waals surface area contributed by atoms with E-state index in [0.29, 0.717) is 5.56 Å². The third kappa shape index (κ3) is 2.88. The largest absolute Gasteiger partial charge is 0.322 e. The number of amides is 1. The van der Waals surface area contributed by atoms with Gasteiger partial charge < -0.3 is 5.32 Å². The van der Waals surface area contributed by atoms with Crippen LogP contribution < -0.4 is 5.32 Å². The molecule has 0 fully saturated rings. The Morgan fingerprint density at radius 2 is 1.61 bits per heavy atom. The molecule has 0 aliphatic heterocycles. The number of nitrogens with one attached hydrogen (secondary N) is 1. The van der Waals surface area contributed by atoms with Crippen LogP contribution in [0.5, 0.6) is 0 Å². The lowest BCUT2D eigenvalue weighted by atomic mass is 10.1. The smallest absolute Gasteiger partial charge is 0.259 e. The number of aromatic nitrogens is 2. The number of nitrogens with zero attached hydrogens (tertiary/aromatic N) is 2. The van der Waals surface area contributed by atoms with Gasteiger partial charge in [0, 0.05) is 5.69 Å². The summed E-state index contributed by atoms with van der Waals surface area (Å²) in [5.74, 6) is -0.128. The summed E-state index contributed by atoms with van der Waals surface area (Å²) in [7, 11) is 0. The number of hydrogen-bond donors (Lipinski definition) is 1. The molecule has 4 heteroatoms. The lowest BCUT2D eigenvalue weighted by Crippen LogP contribution is -2.14. The van der Waals surface area contributed by atoms with Crippen LogP contribution in [0.1, 0.15) is 27.3 Å². The fourth-order valence-electron chi connectivity index (χ4n) is 2.69. The Morgan fingerprint density at radius 1 is 0.957 bits per heavy atom. The molecule has 0 saturated carbocycles. The van der Waals surface area contributed by atoms with Gasteiger partial charge in [0.1, 0.15) is 0 Å². The molecule has 1 heterocycles. The first-order valence-electron chi connectivity index (χ1n) is 7.56. The number of anilines is 1. The van der Waals surface area contributed by atoms with Crippen LogP contribution in [0.4, 0.5) is 5.69 Å². The summed E-state index contributed by atoms with van der Waals surface area (Å²) in [6, 6.07) is 17.6. The van der Waals surface area contributed by atoms with E-state index in [1.807, 2.05) is 80.1 Å². The summed E-state index contributed by atoms with van der Waals surface area (Å²) >= 11 is 0. The normalized spacial score (nSPS) is 10.6. The van der Waals surface area contributed by atoms with E-state index >= 15 is 0 Å². The maximum atomic E-state index is 12.7. The molecule has 4 nitrogen and oxygen atoms in total.